The molecule has 0 aliphatic heterocycles. The number of pyridine rings is 1. The van der Waals surface area contributed by atoms with E-state index in [1.54, 1.807) is 18.5 Å². The van der Waals surface area contributed by atoms with Crippen molar-refractivity contribution in [1.82, 2.24) is 4.98 Å². The predicted octanol–water partition coefficient (Wildman–Crippen LogP) is 3.59. The number of aliphatic hydroxyl groups excluding tert-OH is 1. The Bertz CT molecular complexity index is 491. The number of rotatable bonds is 2. The standard InChI is InChI=1S/C11H9Br2NO2/c1-6-2-7(5-14-4-6)10(15)9-3-8(12)11(13)16-9/h2-5,10,15H,1H3. The molecule has 0 aliphatic carbocycles. The Morgan fingerprint density at radius 2 is 2.06 bits per heavy atom. The van der Waals surface area contributed by atoms with Crippen molar-refractivity contribution in [3.05, 3.63) is 50.6 Å². The molecule has 2 rings (SSSR count). The Labute approximate surface area is 110 Å². The van der Waals surface area contributed by atoms with Crippen molar-refractivity contribution in [3.63, 3.8) is 0 Å². The topological polar surface area (TPSA) is 46.3 Å². The van der Waals surface area contributed by atoms with Crippen LogP contribution in [0.4, 0.5) is 0 Å². The van der Waals surface area contributed by atoms with Crippen LogP contribution in [0.15, 0.2) is 38.1 Å². The van der Waals surface area contributed by atoms with Gasteiger partial charge >= 0.3 is 0 Å². The quantitative estimate of drug-likeness (QED) is 0.903. The molecule has 2 aromatic heterocycles. The second-order valence-electron chi connectivity index (χ2n) is 3.47. The fraction of sp³-hybridized carbons (Fsp3) is 0.182. The third-order valence-electron chi connectivity index (χ3n) is 2.15. The van der Waals surface area contributed by atoms with Crippen LogP contribution in [0.25, 0.3) is 0 Å². The van der Waals surface area contributed by atoms with Gasteiger partial charge in [-0.1, -0.05) is 0 Å². The van der Waals surface area contributed by atoms with Crippen molar-refractivity contribution in [2.24, 2.45) is 0 Å². The van der Waals surface area contributed by atoms with E-state index in [1.165, 1.54) is 0 Å². The first-order valence-electron chi connectivity index (χ1n) is 4.62. The molecule has 0 radical (unpaired) electrons. The Morgan fingerprint density at radius 3 is 2.62 bits per heavy atom. The normalized spacial score (nSPS) is 12.8. The van der Waals surface area contributed by atoms with Crippen molar-refractivity contribution in [3.8, 4) is 0 Å². The Balaban J connectivity index is 2.35. The lowest BCUT2D eigenvalue weighted by atomic mass is 10.1. The summed E-state index contributed by atoms with van der Waals surface area (Å²) in [6, 6.07) is 3.61. The molecule has 2 aromatic rings. The minimum absolute atomic E-state index is 0.478. The van der Waals surface area contributed by atoms with E-state index in [9.17, 15) is 5.11 Å². The smallest absolute Gasteiger partial charge is 0.183 e. The van der Waals surface area contributed by atoms with Crippen LogP contribution in [0.2, 0.25) is 0 Å². The molecular weight excluding hydrogens is 338 g/mol. The number of aliphatic hydroxyl groups is 1. The van der Waals surface area contributed by atoms with E-state index in [0.29, 0.717) is 16.0 Å². The summed E-state index contributed by atoms with van der Waals surface area (Å²) in [5.74, 6) is 0.478. The van der Waals surface area contributed by atoms with Crippen LogP contribution in [0.1, 0.15) is 23.0 Å². The van der Waals surface area contributed by atoms with Crippen LogP contribution in [-0.4, -0.2) is 10.1 Å². The first-order valence-corrected chi connectivity index (χ1v) is 6.21. The van der Waals surface area contributed by atoms with Gasteiger partial charge in [0, 0.05) is 18.0 Å². The number of furan rings is 1. The van der Waals surface area contributed by atoms with Crippen LogP contribution in [-0.2, 0) is 0 Å². The maximum Gasteiger partial charge on any atom is 0.183 e. The van der Waals surface area contributed by atoms with Crippen molar-refractivity contribution in [2.45, 2.75) is 13.0 Å². The van der Waals surface area contributed by atoms with Gasteiger partial charge in [0.1, 0.15) is 11.9 Å². The molecule has 0 saturated carbocycles. The first-order chi connectivity index (χ1) is 7.58. The second-order valence-corrected chi connectivity index (χ2v) is 5.04. The summed E-state index contributed by atoms with van der Waals surface area (Å²) >= 11 is 6.54. The predicted molar refractivity (Wildman–Crippen MR) is 67.1 cm³/mol. The highest BCUT2D eigenvalue weighted by Gasteiger charge is 2.17. The van der Waals surface area contributed by atoms with Crippen molar-refractivity contribution in [2.75, 3.05) is 0 Å². The minimum atomic E-state index is -0.796. The monoisotopic (exact) mass is 345 g/mol. The molecule has 0 aliphatic rings. The summed E-state index contributed by atoms with van der Waals surface area (Å²) in [7, 11) is 0. The van der Waals surface area contributed by atoms with E-state index in [2.05, 4.69) is 36.8 Å². The fourth-order valence-corrected chi connectivity index (χ4v) is 2.00. The molecule has 0 saturated heterocycles. The zero-order chi connectivity index (χ0) is 11.7. The molecule has 0 amide bonds. The number of hydrogen-bond donors (Lipinski definition) is 1. The minimum Gasteiger partial charge on any atom is -0.450 e. The molecular formula is C11H9Br2NO2. The molecule has 16 heavy (non-hydrogen) atoms. The van der Waals surface area contributed by atoms with Gasteiger partial charge in [-0.25, -0.2) is 0 Å². The number of hydrogen-bond acceptors (Lipinski definition) is 3. The highest BCUT2D eigenvalue weighted by molar-refractivity contribution is 9.13. The van der Waals surface area contributed by atoms with Gasteiger partial charge in [-0.3, -0.25) is 4.98 Å². The summed E-state index contributed by atoms with van der Waals surface area (Å²) in [5, 5.41) is 10.1. The SMILES string of the molecule is Cc1cncc(C(O)c2cc(Br)c(Br)o2)c1. The molecule has 0 bridgehead atoms. The first kappa shape index (κ1) is 11.8. The van der Waals surface area contributed by atoms with E-state index < -0.39 is 6.10 Å². The van der Waals surface area contributed by atoms with Gasteiger partial charge in [-0.15, -0.1) is 0 Å². The van der Waals surface area contributed by atoms with Gasteiger partial charge < -0.3 is 9.52 Å². The molecule has 0 aromatic carbocycles. The second kappa shape index (κ2) is 4.69. The molecule has 1 unspecified atom stereocenters. The maximum absolute atomic E-state index is 10.1. The fourth-order valence-electron chi connectivity index (χ4n) is 1.39. The van der Waals surface area contributed by atoms with Gasteiger partial charge in [0.25, 0.3) is 0 Å². The lowest BCUT2D eigenvalue weighted by Gasteiger charge is -2.07. The highest BCUT2D eigenvalue weighted by Crippen LogP contribution is 2.32. The largest absolute Gasteiger partial charge is 0.450 e. The van der Waals surface area contributed by atoms with Crippen LogP contribution < -0.4 is 0 Å². The van der Waals surface area contributed by atoms with Gasteiger partial charge in [-0.05, 0) is 56.5 Å². The van der Waals surface area contributed by atoms with Gasteiger partial charge in [-0.2, -0.15) is 0 Å². The lowest BCUT2D eigenvalue weighted by molar-refractivity contribution is 0.187. The number of halogens is 2. The zero-order valence-electron chi connectivity index (χ0n) is 8.45. The van der Waals surface area contributed by atoms with Crippen LogP contribution in [0.3, 0.4) is 0 Å². The van der Waals surface area contributed by atoms with E-state index in [4.69, 9.17) is 4.42 Å². The summed E-state index contributed by atoms with van der Waals surface area (Å²) in [4.78, 5) is 4.03. The molecule has 0 spiro atoms. The Morgan fingerprint density at radius 1 is 1.31 bits per heavy atom. The molecule has 3 nitrogen and oxygen atoms in total. The summed E-state index contributed by atoms with van der Waals surface area (Å²) in [5.41, 5.74) is 1.72. The average Bonchev–Trinajstić information content (AvgIpc) is 2.58. The molecule has 5 heteroatoms. The van der Waals surface area contributed by atoms with Gasteiger partial charge in [0.2, 0.25) is 0 Å². The zero-order valence-corrected chi connectivity index (χ0v) is 11.6. The van der Waals surface area contributed by atoms with Crippen molar-refractivity contribution >= 4 is 31.9 Å². The van der Waals surface area contributed by atoms with E-state index in [-0.39, 0.29) is 0 Å². The lowest BCUT2D eigenvalue weighted by Crippen LogP contribution is -1.99. The molecule has 2 heterocycles. The van der Waals surface area contributed by atoms with Crippen molar-refractivity contribution in [1.29, 1.82) is 0 Å². The van der Waals surface area contributed by atoms with E-state index >= 15 is 0 Å². The number of nitrogens with zero attached hydrogens (tertiary/aromatic N) is 1. The molecule has 0 fully saturated rings. The summed E-state index contributed by atoms with van der Waals surface area (Å²) in [6.07, 6.45) is 2.57. The number of aryl methyl sites for hydroxylation is 1. The van der Waals surface area contributed by atoms with Gasteiger partial charge in [0.15, 0.2) is 4.67 Å². The summed E-state index contributed by atoms with van der Waals surface area (Å²) in [6.45, 7) is 1.93. The van der Waals surface area contributed by atoms with Crippen LogP contribution in [0, 0.1) is 6.92 Å². The van der Waals surface area contributed by atoms with Crippen LogP contribution in [0.5, 0.6) is 0 Å². The van der Waals surface area contributed by atoms with Crippen molar-refractivity contribution < 1.29 is 9.52 Å². The van der Waals surface area contributed by atoms with E-state index in [1.807, 2.05) is 13.0 Å². The number of aromatic nitrogens is 1. The maximum atomic E-state index is 10.1. The summed E-state index contributed by atoms with van der Waals surface area (Å²) < 4.78 is 6.71. The Kier molecular flexibility index (Phi) is 3.47. The highest BCUT2D eigenvalue weighted by atomic mass is 79.9. The van der Waals surface area contributed by atoms with Crippen LogP contribution >= 0.6 is 31.9 Å². The third-order valence-corrected chi connectivity index (χ3v) is 3.86. The van der Waals surface area contributed by atoms with E-state index in [0.717, 1.165) is 10.0 Å². The average molecular weight is 347 g/mol. The third kappa shape index (κ3) is 2.36. The molecule has 84 valence electrons. The molecule has 1 N–H and O–H groups in total. The van der Waals surface area contributed by atoms with Gasteiger partial charge in [0.05, 0.1) is 4.47 Å². The Hall–Kier alpha value is -0.650. The molecule has 1 atom stereocenters.